The molecule has 19 heteroatoms. The lowest BCUT2D eigenvalue weighted by Crippen LogP contribution is -2.66. The molecule has 3 aliphatic heterocycles. The Balaban J connectivity index is 1.36. The fraction of sp³-hybridized carbons (Fsp3) is 0.963. The molecule has 0 aliphatic carbocycles. The van der Waals surface area contributed by atoms with E-state index in [0.29, 0.717) is 6.42 Å². The number of amides is 1. The summed E-state index contributed by atoms with van der Waals surface area (Å²) in [5.74, 6) is -0.266. The molecular formula is C81H155NO18. The molecule has 19 nitrogen and oxygen atoms in total. The summed E-state index contributed by atoms with van der Waals surface area (Å²) in [6, 6.07) is -0.970. The van der Waals surface area contributed by atoms with Gasteiger partial charge in [-0.25, -0.2) is 0 Å². The SMILES string of the molecule is CCCCCCCCCCCCCCCCCCCCCCCCC/C=C/C(O)C(COC1OC(CO)C(OC2OC(CO)C(OC3OC(CO)C(O)C(O)C3O)C(O)C2O)C(O)C1O)NC(=O)CCCCCCCCCCCCCCCCCCCCCCCCCCCCCCCC. The van der Waals surface area contributed by atoms with Gasteiger partial charge in [0.2, 0.25) is 5.91 Å². The zero-order valence-electron chi connectivity index (χ0n) is 63.5. The van der Waals surface area contributed by atoms with E-state index in [4.69, 9.17) is 28.4 Å². The molecule has 1 amide bonds. The topological polar surface area (TPSA) is 307 Å². The summed E-state index contributed by atoms with van der Waals surface area (Å²) in [6.45, 7) is 1.81. The number of carbonyl (C=O) groups is 1. The van der Waals surface area contributed by atoms with Gasteiger partial charge in [0.15, 0.2) is 18.9 Å². The van der Waals surface area contributed by atoms with Gasteiger partial charge < -0.3 is 89.9 Å². The van der Waals surface area contributed by atoms with Crippen LogP contribution in [0.1, 0.15) is 367 Å². The van der Waals surface area contributed by atoms with E-state index < -0.39 is 124 Å². The predicted octanol–water partition coefficient (Wildman–Crippen LogP) is 14.3. The minimum absolute atomic E-state index is 0.250. The van der Waals surface area contributed by atoms with Gasteiger partial charge >= 0.3 is 0 Å². The number of hydrogen-bond acceptors (Lipinski definition) is 18. The number of aliphatic hydroxyl groups is 11. The number of rotatable bonds is 68. The van der Waals surface area contributed by atoms with Gasteiger partial charge in [-0.3, -0.25) is 4.79 Å². The monoisotopic (exact) mass is 1430 g/mol. The highest BCUT2D eigenvalue weighted by Crippen LogP contribution is 2.33. The van der Waals surface area contributed by atoms with Crippen molar-refractivity contribution in [3.8, 4) is 0 Å². The van der Waals surface area contributed by atoms with E-state index in [1.807, 2.05) is 6.08 Å². The van der Waals surface area contributed by atoms with Crippen molar-refractivity contribution in [3.63, 3.8) is 0 Å². The molecule has 0 bridgehead atoms. The maximum atomic E-state index is 13.5. The average Bonchev–Trinajstić information content (AvgIpc) is 0.781. The molecular weight excluding hydrogens is 1270 g/mol. The Labute approximate surface area is 607 Å². The van der Waals surface area contributed by atoms with Crippen LogP contribution in [0, 0.1) is 0 Å². The number of aliphatic hydroxyl groups excluding tert-OH is 11. The number of allylic oxidation sites excluding steroid dienone is 1. The van der Waals surface area contributed by atoms with E-state index in [9.17, 15) is 61.0 Å². The fourth-order valence-electron chi connectivity index (χ4n) is 14.6. The summed E-state index contributed by atoms with van der Waals surface area (Å²) in [4.78, 5) is 13.5. The number of carbonyl (C=O) groups excluding carboxylic acids is 1. The van der Waals surface area contributed by atoms with Crippen LogP contribution in [-0.2, 0) is 33.2 Å². The molecule has 0 saturated carbocycles. The Bertz CT molecular complexity index is 1850. The summed E-state index contributed by atoms with van der Waals surface area (Å²) in [7, 11) is 0. The fourth-order valence-corrected chi connectivity index (χ4v) is 14.6. The summed E-state index contributed by atoms with van der Waals surface area (Å²) < 4.78 is 34.5. The minimum atomic E-state index is -1.98. The largest absolute Gasteiger partial charge is 0.394 e. The zero-order chi connectivity index (χ0) is 72.5. The van der Waals surface area contributed by atoms with Crippen LogP contribution >= 0.6 is 0 Å². The third-order valence-electron chi connectivity index (χ3n) is 21.3. The van der Waals surface area contributed by atoms with Crippen molar-refractivity contribution in [3.05, 3.63) is 12.2 Å². The van der Waals surface area contributed by atoms with Gasteiger partial charge in [0.05, 0.1) is 38.6 Å². The first kappa shape index (κ1) is 92.7. The van der Waals surface area contributed by atoms with Crippen LogP contribution in [0.3, 0.4) is 0 Å². The van der Waals surface area contributed by atoms with Gasteiger partial charge in [0.1, 0.15) is 73.2 Å². The van der Waals surface area contributed by atoms with Crippen LogP contribution in [0.4, 0.5) is 0 Å². The Morgan fingerprint density at radius 2 is 0.620 bits per heavy atom. The molecule has 0 spiro atoms. The average molecular weight is 1430 g/mol. The van der Waals surface area contributed by atoms with Crippen LogP contribution in [-0.4, -0.2) is 193 Å². The zero-order valence-corrected chi connectivity index (χ0v) is 63.5. The quantitative estimate of drug-likeness (QED) is 0.0199. The van der Waals surface area contributed by atoms with Gasteiger partial charge in [-0.1, -0.05) is 353 Å². The summed E-state index contributed by atoms with van der Waals surface area (Å²) >= 11 is 0. The van der Waals surface area contributed by atoms with Crippen molar-refractivity contribution in [1.29, 1.82) is 0 Å². The second-order valence-electron chi connectivity index (χ2n) is 30.3. The molecule has 592 valence electrons. The Morgan fingerprint density at radius 3 is 0.940 bits per heavy atom. The van der Waals surface area contributed by atoms with Crippen molar-refractivity contribution in [2.45, 2.75) is 471 Å². The molecule has 0 aromatic heterocycles. The van der Waals surface area contributed by atoms with Crippen molar-refractivity contribution in [1.82, 2.24) is 5.32 Å². The molecule has 3 saturated heterocycles. The molecule has 0 aromatic carbocycles. The van der Waals surface area contributed by atoms with Gasteiger partial charge in [-0.05, 0) is 19.3 Å². The lowest BCUT2D eigenvalue weighted by molar-refractivity contribution is -0.379. The molecule has 12 N–H and O–H groups in total. The minimum Gasteiger partial charge on any atom is -0.394 e. The Morgan fingerprint density at radius 1 is 0.350 bits per heavy atom. The first-order valence-corrected chi connectivity index (χ1v) is 41.9. The molecule has 100 heavy (non-hydrogen) atoms. The second kappa shape index (κ2) is 62.6. The highest BCUT2D eigenvalue weighted by Gasteiger charge is 2.54. The molecule has 0 radical (unpaired) electrons. The van der Waals surface area contributed by atoms with Crippen LogP contribution in [0.15, 0.2) is 12.2 Å². The van der Waals surface area contributed by atoms with Gasteiger partial charge in [-0.15, -0.1) is 0 Å². The molecule has 3 aliphatic rings. The van der Waals surface area contributed by atoms with Crippen LogP contribution in [0.25, 0.3) is 0 Å². The predicted molar refractivity (Wildman–Crippen MR) is 397 cm³/mol. The first-order chi connectivity index (χ1) is 48.8. The number of ether oxygens (including phenoxy) is 6. The molecule has 17 atom stereocenters. The summed E-state index contributed by atoms with van der Waals surface area (Å²) in [5.41, 5.74) is 0. The third kappa shape index (κ3) is 42.2. The van der Waals surface area contributed by atoms with Crippen LogP contribution < -0.4 is 5.32 Å². The highest BCUT2D eigenvalue weighted by atomic mass is 16.8. The molecule has 0 aromatic rings. The van der Waals surface area contributed by atoms with Crippen molar-refractivity contribution in [2.75, 3.05) is 26.4 Å². The maximum absolute atomic E-state index is 13.5. The van der Waals surface area contributed by atoms with Crippen LogP contribution in [0.2, 0.25) is 0 Å². The van der Waals surface area contributed by atoms with Crippen molar-refractivity contribution >= 4 is 5.91 Å². The van der Waals surface area contributed by atoms with Crippen molar-refractivity contribution < 1.29 is 89.4 Å². The van der Waals surface area contributed by atoms with E-state index in [0.717, 1.165) is 44.9 Å². The normalized spacial score (nSPS) is 26.4. The third-order valence-corrected chi connectivity index (χ3v) is 21.3. The second-order valence-corrected chi connectivity index (χ2v) is 30.3. The van der Waals surface area contributed by atoms with E-state index in [-0.39, 0.29) is 18.9 Å². The van der Waals surface area contributed by atoms with E-state index in [2.05, 4.69) is 19.2 Å². The highest BCUT2D eigenvalue weighted by molar-refractivity contribution is 5.76. The van der Waals surface area contributed by atoms with Gasteiger partial charge in [0, 0.05) is 6.42 Å². The molecule has 17 unspecified atom stereocenters. The first-order valence-electron chi connectivity index (χ1n) is 41.9. The number of unbranched alkanes of at least 4 members (excludes halogenated alkanes) is 52. The van der Waals surface area contributed by atoms with E-state index in [1.54, 1.807) is 6.08 Å². The van der Waals surface area contributed by atoms with E-state index in [1.165, 1.54) is 295 Å². The Kier molecular flexibility index (Phi) is 58.0. The number of nitrogens with one attached hydrogen (secondary N) is 1. The smallest absolute Gasteiger partial charge is 0.220 e. The lowest BCUT2D eigenvalue weighted by atomic mass is 9.96. The summed E-state index contributed by atoms with van der Waals surface area (Å²) in [5, 5.41) is 121. The molecule has 3 rings (SSSR count). The van der Waals surface area contributed by atoms with Gasteiger partial charge in [0.25, 0.3) is 0 Å². The van der Waals surface area contributed by atoms with Gasteiger partial charge in [-0.2, -0.15) is 0 Å². The molecule has 3 heterocycles. The van der Waals surface area contributed by atoms with E-state index >= 15 is 0 Å². The molecule has 3 fully saturated rings. The maximum Gasteiger partial charge on any atom is 0.220 e. The number of hydrogen-bond donors (Lipinski definition) is 12. The van der Waals surface area contributed by atoms with Crippen molar-refractivity contribution in [2.24, 2.45) is 0 Å². The lowest BCUT2D eigenvalue weighted by Gasteiger charge is -2.48. The summed E-state index contributed by atoms with van der Waals surface area (Å²) in [6.07, 6.45) is 47.8. The Hall–Kier alpha value is -1.47. The van der Waals surface area contributed by atoms with Crippen LogP contribution in [0.5, 0.6) is 0 Å². The standard InChI is InChI=1S/C81H155NO18/c1-3-5-7-9-11-13-15-17-19-21-23-25-27-29-30-31-32-33-35-37-39-41-43-45-47-49-51-53-55-57-59-69(87)82-64(65(86)58-56-54-52-50-48-46-44-42-40-38-36-34-28-26-24-22-20-18-16-14-12-10-8-6-4-2)63-95-79-75(93)72(90)77(67(61-84)97-79)100-81-76(94)73(91)78(68(62-85)98-81)99-80-74(92)71(89)70(88)66(60-83)96-80/h56,58,64-68,70-81,83-86,88-94H,3-55,57,59-63H2,1-2H3,(H,82,87)/b58-56+.